The molecule has 0 aliphatic carbocycles. The van der Waals surface area contributed by atoms with Crippen LogP contribution in [0.5, 0.6) is 5.75 Å². The first kappa shape index (κ1) is 11.9. The molecule has 1 aromatic carbocycles. The fourth-order valence-electron chi connectivity index (χ4n) is 2.33. The highest BCUT2D eigenvalue weighted by Crippen LogP contribution is 2.29. The van der Waals surface area contributed by atoms with Crippen LogP contribution in [0.15, 0.2) is 24.3 Å². The number of piperidine rings is 1. The summed E-state index contributed by atoms with van der Waals surface area (Å²) < 4.78 is 5.13. The van der Waals surface area contributed by atoms with Crippen molar-refractivity contribution in [2.45, 2.75) is 12.3 Å². The molecule has 2 atom stereocenters. The molecule has 0 radical (unpaired) electrons. The molecule has 1 aliphatic heterocycles. The van der Waals surface area contributed by atoms with E-state index in [0.717, 1.165) is 5.75 Å². The Morgan fingerprint density at radius 2 is 2.12 bits per heavy atom. The third kappa shape index (κ3) is 2.58. The van der Waals surface area contributed by atoms with Crippen molar-refractivity contribution in [3.05, 3.63) is 29.8 Å². The molecule has 0 bridgehead atoms. The van der Waals surface area contributed by atoms with Gasteiger partial charge in [-0.25, -0.2) is 0 Å². The van der Waals surface area contributed by atoms with E-state index in [0.29, 0.717) is 25.4 Å². The highest BCUT2D eigenvalue weighted by atomic mass is 16.5. The number of nitrogens with two attached hydrogens (primary N) is 1. The molecule has 2 unspecified atom stereocenters. The predicted octanol–water partition coefficient (Wildman–Crippen LogP) is 0.874. The molecule has 17 heavy (non-hydrogen) atoms. The lowest BCUT2D eigenvalue weighted by Gasteiger charge is -2.31. The molecule has 2 rings (SSSR count). The molecule has 1 fully saturated rings. The molecule has 1 heterocycles. The number of hydrogen-bond acceptors (Lipinski definition) is 3. The number of carbonyl (C=O) groups is 1. The lowest BCUT2D eigenvalue weighted by atomic mass is 9.81. The molecule has 0 aromatic heterocycles. The summed E-state index contributed by atoms with van der Waals surface area (Å²) in [4.78, 5) is 11.3. The molecular formula is C13H18N2O2. The molecule has 1 aromatic rings. The van der Waals surface area contributed by atoms with E-state index in [4.69, 9.17) is 10.5 Å². The van der Waals surface area contributed by atoms with Gasteiger partial charge >= 0.3 is 0 Å². The predicted molar refractivity (Wildman–Crippen MR) is 65.9 cm³/mol. The second-order valence-electron chi connectivity index (χ2n) is 4.38. The Bertz CT molecular complexity index is 389. The number of nitrogens with one attached hydrogen (secondary N) is 1. The number of rotatable bonds is 3. The van der Waals surface area contributed by atoms with E-state index in [1.165, 1.54) is 5.56 Å². The van der Waals surface area contributed by atoms with E-state index < -0.39 is 0 Å². The fraction of sp³-hybridized carbons (Fsp3) is 0.462. The van der Waals surface area contributed by atoms with Crippen molar-refractivity contribution >= 4 is 5.91 Å². The van der Waals surface area contributed by atoms with Gasteiger partial charge in [-0.05, 0) is 30.2 Å². The monoisotopic (exact) mass is 234 g/mol. The lowest BCUT2D eigenvalue weighted by Crippen LogP contribution is -2.42. The summed E-state index contributed by atoms with van der Waals surface area (Å²) in [5.41, 5.74) is 6.95. The van der Waals surface area contributed by atoms with Gasteiger partial charge in [0.2, 0.25) is 5.91 Å². The maximum atomic E-state index is 11.3. The maximum Gasteiger partial charge on any atom is 0.220 e. The first-order valence-corrected chi connectivity index (χ1v) is 5.85. The number of carbonyl (C=O) groups excluding carboxylic acids is 1. The quantitative estimate of drug-likeness (QED) is 0.815. The van der Waals surface area contributed by atoms with Crippen molar-refractivity contribution < 1.29 is 9.53 Å². The zero-order chi connectivity index (χ0) is 12.3. The summed E-state index contributed by atoms with van der Waals surface area (Å²) in [6.45, 7) is 1.22. The third-order valence-electron chi connectivity index (χ3n) is 3.38. The minimum atomic E-state index is 0.102. The van der Waals surface area contributed by atoms with Crippen molar-refractivity contribution in [3.8, 4) is 5.75 Å². The Hall–Kier alpha value is -1.55. The average Bonchev–Trinajstić information content (AvgIpc) is 2.39. The molecule has 92 valence electrons. The number of hydrogen-bond donors (Lipinski definition) is 2. The summed E-state index contributed by atoms with van der Waals surface area (Å²) >= 11 is 0. The van der Waals surface area contributed by atoms with Crippen LogP contribution in [0.2, 0.25) is 0 Å². The summed E-state index contributed by atoms with van der Waals surface area (Å²) in [6, 6.07) is 7.98. The Morgan fingerprint density at radius 1 is 1.41 bits per heavy atom. The largest absolute Gasteiger partial charge is 0.497 e. The molecule has 4 heteroatoms. The smallest absolute Gasteiger partial charge is 0.220 e. The van der Waals surface area contributed by atoms with Crippen molar-refractivity contribution in [1.82, 2.24) is 5.32 Å². The third-order valence-corrected chi connectivity index (χ3v) is 3.38. The van der Waals surface area contributed by atoms with Gasteiger partial charge in [0, 0.05) is 18.9 Å². The van der Waals surface area contributed by atoms with Crippen LogP contribution in [0.4, 0.5) is 0 Å². The van der Waals surface area contributed by atoms with Gasteiger partial charge in [-0.1, -0.05) is 12.1 Å². The van der Waals surface area contributed by atoms with E-state index in [-0.39, 0.29) is 11.8 Å². The topological polar surface area (TPSA) is 64.3 Å². The Balaban J connectivity index is 2.16. The molecule has 0 spiro atoms. The summed E-state index contributed by atoms with van der Waals surface area (Å²) in [5.74, 6) is 1.49. The molecule has 1 amide bonds. The van der Waals surface area contributed by atoms with Crippen molar-refractivity contribution in [3.63, 3.8) is 0 Å². The summed E-state index contributed by atoms with van der Waals surface area (Å²) in [6.07, 6.45) is 0.521. The van der Waals surface area contributed by atoms with Gasteiger partial charge in [0.15, 0.2) is 0 Å². The molecule has 1 aliphatic rings. The van der Waals surface area contributed by atoms with E-state index in [1.807, 2.05) is 24.3 Å². The highest BCUT2D eigenvalue weighted by molar-refractivity contribution is 5.77. The average molecular weight is 234 g/mol. The fourth-order valence-corrected chi connectivity index (χ4v) is 2.33. The minimum Gasteiger partial charge on any atom is -0.497 e. The van der Waals surface area contributed by atoms with Gasteiger partial charge in [-0.15, -0.1) is 0 Å². The van der Waals surface area contributed by atoms with Crippen LogP contribution >= 0.6 is 0 Å². The zero-order valence-corrected chi connectivity index (χ0v) is 9.98. The zero-order valence-electron chi connectivity index (χ0n) is 9.98. The molecule has 0 saturated carbocycles. The van der Waals surface area contributed by atoms with E-state index in [2.05, 4.69) is 5.32 Å². The van der Waals surface area contributed by atoms with Crippen LogP contribution in [-0.2, 0) is 4.79 Å². The second kappa shape index (κ2) is 5.19. The van der Waals surface area contributed by atoms with Crippen LogP contribution in [0.3, 0.4) is 0 Å². The number of benzene rings is 1. The van der Waals surface area contributed by atoms with Crippen LogP contribution in [0.1, 0.15) is 17.9 Å². The van der Waals surface area contributed by atoms with Gasteiger partial charge in [-0.2, -0.15) is 0 Å². The Kier molecular flexibility index (Phi) is 3.64. The van der Waals surface area contributed by atoms with Gasteiger partial charge in [-0.3, -0.25) is 4.79 Å². The van der Waals surface area contributed by atoms with Crippen molar-refractivity contribution in [2.75, 3.05) is 20.2 Å². The van der Waals surface area contributed by atoms with E-state index >= 15 is 0 Å². The molecule has 3 N–H and O–H groups in total. The summed E-state index contributed by atoms with van der Waals surface area (Å²) in [7, 11) is 1.65. The maximum absolute atomic E-state index is 11.3. The first-order valence-electron chi connectivity index (χ1n) is 5.85. The van der Waals surface area contributed by atoms with Gasteiger partial charge in [0.25, 0.3) is 0 Å². The number of amides is 1. The van der Waals surface area contributed by atoms with Gasteiger partial charge in [0.1, 0.15) is 5.75 Å². The normalized spacial score (nSPS) is 24.2. The van der Waals surface area contributed by atoms with Crippen molar-refractivity contribution in [2.24, 2.45) is 11.7 Å². The van der Waals surface area contributed by atoms with E-state index in [9.17, 15) is 4.79 Å². The molecular weight excluding hydrogens is 216 g/mol. The SMILES string of the molecule is COc1ccc(C2CNC(=O)CC2CN)cc1. The molecule has 4 nitrogen and oxygen atoms in total. The summed E-state index contributed by atoms with van der Waals surface area (Å²) in [5, 5.41) is 2.90. The van der Waals surface area contributed by atoms with Gasteiger partial charge < -0.3 is 15.8 Å². The standard InChI is InChI=1S/C13H18N2O2/c1-17-11-4-2-9(3-5-11)12-8-15-13(16)6-10(12)7-14/h2-5,10,12H,6-8,14H2,1H3,(H,15,16). The van der Waals surface area contributed by atoms with Crippen LogP contribution in [0, 0.1) is 5.92 Å². The highest BCUT2D eigenvalue weighted by Gasteiger charge is 2.29. The minimum absolute atomic E-state index is 0.102. The van der Waals surface area contributed by atoms with Gasteiger partial charge in [0.05, 0.1) is 7.11 Å². The van der Waals surface area contributed by atoms with Crippen molar-refractivity contribution in [1.29, 1.82) is 0 Å². The Labute approximate surface area is 101 Å². The van der Waals surface area contributed by atoms with Crippen LogP contribution < -0.4 is 15.8 Å². The van der Waals surface area contributed by atoms with E-state index in [1.54, 1.807) is 7.11 Å². The second-order valence-corrected chi connectivity index (χ2v) is 4.38. The van der Waals surface area contributed by atoms with Crippen LogP contribution in [0.25, 0.3) is 0 Å². The number of ether oxygens (including phenoxy) is 1. The lowest BCUT2D eigenvalue weighted by molar-refractivity contribution is -0.123. The molecule has 1 saturated heterocycles. The van der Waals surface area contributed by atoms with Crippen LogP contribution in [-0.4, -0.2) is 26.1 Å². The first-order chi connectivity index (χ1) is 8.24. The number of methoxy groups -OCH3 is 1. The Morgan fingerprint density at radius 3 is 2.71 bits per heavy atom.